The average molecular weight is 327 g/mol. The molecule has 0 heterocycles. The van der Waals surface area contributed by atoms with Gasteiger partial charge in [-0.15, -0.1) is 11.8 Å². The van der Waals surface area contributed by atoms with Gasteiger partial charge >= 0.3 is 5.97 Å². The lowest BCUT2D eigenvalue weighted by Crippen LogP contribution is -1.94. The van der Waals surface area contributed by atoms with Gasteiger partial charge < -0.3 is 9.47 Å². The Morgan fingerprint density at radius 3 is 2.42 bits per heavy atom. The van der Waals surface area contributed by atoms with Gasteiger partial charge in [0.2, 0.25) is 0 Å². The van der Waals surface area contributed by atoms with Gasteiger partial charge in [0.25, 0.3) is 0 Å². The third-order valence-electron chi connectivity index (χ3n) is 1.98. The van der Waals surface area contributed by atoms with Crippen LogP contribution < -0.4 is 0 Å². The monoisotopic (exact) mass is 326 g/mol. The number of carbonyl (C=O) groups excluding carboxylic acids is 1. The Morgan fingerprint density at radius 1 is 1.16 bits per heavy atom. The van der Waals surface area contributed by atoms with Crippen molar-refractivity contribution in [3.63, 3.8) is 0 Å². The van der Waals surface area contributed by atoms with E-state index in [2.05, 4.69) is 50.9 Å². The van der Waals surface area contributed by atoms with E-state index in [1.54, 1.807) is 0 Å². The Kier molecular flexibility index (Phi) is 12.4. The molecule has 0 aromatic rings. The van der Waals surface area contributed by atoms with Crippen LogP contribution in [0.15, 0.2) is 11.1 Å². The summed E-state index contributed by atoms with van der Waals surface area (Å²) in [5, 5.41) is 0. The van der Waals surface area contributed by atoms with Crippen LogP contribution in [0, 0.1) is 23.7 Å². The first-order valence-corrected chi connectivity index (χ1v) is 6.89. The van der Waals surface area contributed by atoms with Crippen molar-refractivity contribution in [2.24, 2.45) is 0 Å². The zero-order valence-electron chi connectivity index (χ0n) is 11.3. The molecule has 0 saturated carbocycles. The Bertz CT molecular complexity index is 393. The van der Waals surface area contributed by atoms with Crippen LogP contribution in [0.25, 0.3) is 0 Å². The van der Waals surface area contributed by atoms with Crippen LogP contribution in [0.3, 0.4) is 0 Å². The number of hydrogen-bond acceptors (Lipinski definition) is 3. The highest BCUT2D eigenvalue weighted by molar-refractivity contribution is 9.11. The normalized spacial score (nSPS) is 8.74. The van der Waals surface area contributed by atoms with E-state index in [4.69, 9.17) is 4.74 Å². The van der Waals surface area contributed by atoms with Crippen molar-refractivity contribution in [3.8, 4) is 23.7 Å². The molecule has 0 rings (SSSR count). The van der Waals surface area contributed by atoms with Crippen molar-refractivity contribution in [3.05, 3.63) is 11.1 Å². The van der Waals surface area contributed by atoms with Gasteiger partial charge in [0.15, 0.2) is 0 Å². The first-order chi connectivity index (χ1) is 9.16. The Morgan fingerprint density at radius 2 is 1.79 bits per heavy atom. The quantitative estimate of drug-likeness (QED) is 0.312. The average Bonchev–Trinajstić information content (AvgIpc) is 2.39. The minimum absolute atomic E-state index is 0.481. The second kappa shape index (κ2) is 13.2. The number of rotatable bonds is 7. The van der Waals surface area contributed by atoms with Gasteiger partial charge in [0.1, 0.15) is 0 Å². The van der Waals surface area contributed by atoms with Crippen LogP contribution in [0.5, 0.6) is 0 Å². The molecule has 0 aliphatic carbocycles. The van der Waals surface area contributed by atoms with Gasteiger partial charge in [0.05, 0.1) is 20.3 Å². The summed E-state index contributed by atoms with van der Waals surface area (Å²) in [6.07, 6.45) is 4.22. The van der Waals surface area contributed by atoms with Gasteiger partial charge in [-0.2, -0.15) is 0 Å². The minimum Gasteiger partial charge on any atom is -0.459 e. The molecule has 0 N–H and O–H groups in total. The molecule has 0 unspecified atom stereocenters. The third kappa shape index (κ3) is 14.7. The Labute approximate surface area is 123 Å². The molecule has 0 aromatic heterocycles. The first-order valence-electron chi connectivity index (χ1n) is 6.10. The molecule has 0 aliphatic rings. The summed E-state index contributed by atoms with van der Waals surface area (Å²) < 4.78 is 10.5. The van der Waals surface area contributed by atoms with Crippen molar-refractivity contribution >= 4 is 21.9 Å². The number of methoxy groups -OCH3 is 1. The molecule has 0 fully saturated rings. The molecule has 0 spiro atoms. The van der Waals surface area contributed by atoms with Gasteiger partial charge in [-0.1, -0.05) is 28.4 Å². The van der Waals surface area contributed by atoms with E-state index in [-0.39, 0.29) is 0 Å². The fourth-order valence-corrected chi connectivity index (χ4v) is 1.26. The number of ether oxygens (including phenoxy) is 2. The number of halogens is 1. The summed E-state index contributed by atoms with van der Waals surface area (Å²) in [5.41, 5.74) is 0. The van der Waals surface area contributed by atoms with Crippen LogP contribution in [-0.4, -0.2) is 26.3 Å². The van der Waals surface area contributed by atoms with E-state index < -0.39 is 5.97 Å². The topological polar surface area (TPSA) is 35.5 Å². The molecule has 0 amide bonds. The SMILES string of the molecule is C=C(Br)COCCC#CCCCCC#CC(=O)OC. The van der Waals surface area contributed by atoms with E-state index in [9.17, 15) is 4.79 Å². The molecule has 104 valence electrons. The lowest BCUT2D eigenvalue weighted by atomic mass is 10.2. The number of hydrogen-bond donors (Lipinski definition) is 0. The lowest BCUT2D eigenvalue weighted by Gasteiger charge is -1.97. The van der Waals surface area contributed by atoms with Gasteiger partial charge in [-0.05, 0) is 12.8 Å². The van der Waals surface area contributed by atoms with E-state index in [1.165, 1.54) is 7.11 Å². The van der Waals surface area contributed by atoms with E-state index in [0.717, 1.165) is 30.2 Å². The van der Waals surface area contributed by atoms with Crippen molar-refractivity contribution in [2.75, 3.05) is 20.3 Å². The molecule has 0 aliphatic heterocycles. The Balaban J connectivity index is 3.37. The zero-order chi connectivity index (χ0) is 14.3. The number of unbranched alkanes of at least 4 members (excludes halogenated alkanes) is 3. The fraction of sp³-hybridized carbons (Fsp3) is 0.533. The molecule has 0 saturated heterocycles. The van der Waals surface area contributed by atoms with Crippen LogP contribution in [-0.2, 0) is 14.3 Å². The second-order valence-electron chi connectivity index (χ2n) is 3.67. The summed E-state index contributed by atoms with van der Waals surface area (Å²) in [7, 11) is 1.32. The molecule has 0 aromatic carbocycles. The summed E-state index contributed by atoms with van der Waals surface area (Å²) in [5.74, 6) is 10.8. The molecule has 0 atom stereocenters. The molecular formula is C15H19BrO3. The maximum atomic E-state index is 10.7. The van der Waals surface area contributed by atoms with E-state index >= 15 is 0 Å². The number of carbonyl (C=O) groups is 1. The predicted octanol–water partition coefficient (Wildman–Crippen LogP) is 3.04. The van der Waals surface area contributed by atoms with Crippen molar-refractivity contribution in [1.82, 2.24) is 0 Å². The van der Waals surface area contributed by atoms with Crippen molar-refractivity contribution < 1.29 is 14.3 Å². The maximum Gasteiger partial charge on any atom is 0.384 e. The smallest absolute Gasteiger partial charge is 0.384 e. The van der Waals surface area contributed by atoms with Gasteiger partial charge in [0, 0.05) is 29.7 Å². The van der Waals surface area contributed by atoms with Crippen molar-refractivity contribution in [1.29, 1.82) is 0 Å². The largest absolute Gasteiger partial charge is 0.459 e. The minimum atomic E-state index is -0.481. The first kappa shape index (κ1) is 17.8. The van der Waals surface area contributed by atoms with E-state index in [0.29, 0.717) is 19.6 Å². The van der Waals surface area contributed by atoms with Crippen molar-refractivity contribution in [2.45, 2.75) is 32.1 Å². The second-order valence-corrected chi connectivity index (χ2v) is 4.80. The molecular weight excluding hydrogens is 308 g/mol. The molecule has 19 heavy (non-hydrogen) atoms. The summed E-state index contributed by atoms with van der Waals surface area (Å²) >= 11 is 3.22. The standard InChI is InChI=1S/C15H19BrO3/c1-14(16)13-19-12-10-8-6-4-3-5-7-9-11-15(17)18-2/h1,3-5,7,10,12-13H2,2H3. The molecule has 0 bridgehead atoms. The Hall–Kier alpha value is -1.23. The van der Waals surface area contributed by atoms with Gasteiger partial charge in [-0.3, -0.25) is 0 Å². The van der Waals surface area contributed by atoms with Crippen LogP contribution in [0.1, 0.15) is 32.1 Å². The molecule has 4 heteroatoms. The predicted molar refractivity (Wildman–Crippen MR) is 79.5 cm³/mol. The molecule has 0 radical (unpaired) electrons. The number of esters is 1. The highest BCUT2D eigenvalue weighted by Crippen LogP contribution is 2.00. The summed E-state index contributed by atoms with van der Waals surface area (Å²) in [6.45, 7) is 4.83. The summed E-state index contributed by atoms with van der Waals surface area (Å²) in [6, 6.07) is 0. The highest BCUT2D eigenvalue weighted by atomic mass is 79.9. The van der Waals surface area contributed by atoms with E-state index in [1.807, 2.05) is 0 Å². The maximum absolute atomic E-state index is 10.7. The zero-order valence-corrected chi connectivity index (χ0v) is 12.8. The van der Waals surface area contributed by atoms with Gasteiger partial charge in [-0.25, -0.2) is 4.79 Å². The third-order valence-corrected chi connectivity index (χ3v) is 2.21. The van der Waals surface area contributed by atoms with Crippen LogP contribution >= 0.6 is 15.9 Å². The highest BCUT2D eigenvalue weighted by Gasteiger charge is 1.89. The van der Waals surface area contributed by atoms with Crippen LogP contribution in [0.4, 0.5) is 0 Å². The summed E-state index contributed by atoms with van der Waals surface area (Å²) in [4.78, 5) is 10.7. The molecule has 3 nitrogen and oxygen atoms in total. The fourth-order valence-electron chi connectivity index (χ4n) is 1.10. The van der Waals surface area contributed by atoms with Crippen LogP contribution in [0.2, 0.25) is 0 Å². The lowest BCUT2D eigenvalue weighted by molar-refractivity contribution is -0.133.